The Labute approximate surface area is 203 Å². The molecule has 0 radical (unpaired) electrons. The molecule has 168 valence electrons. The Bertz CT molecular complexity index is 1230. The molecule has 1 heterocycles. The van der Waals surface area contributed by atoms with Crippen LogP contribution in [0.15, 0.2) is 77.8 Å². The maximum atomic E-state index is 13.6. The minimum atomic E-state index is -1.06. The van der Waals surface area contributed by atoms with Crippen LogP contribution in [0.1, 0.15) is 30.5 Å². The Morgan fingerprint density at radius 1 is 1.00 bits per heavy atom. The Kier molecular flexibility index (Phi) is 6.82. The molecule has 4 rings (SSSR count). The van der Waals surface area contributed by atoms with Crippen molar-refractivity contribution in [3.63, 3.8) is 0 Å². The van der Waals surface area contributed by atoms with E-state index in [1.54, 1.807) is 23.1 Å². The van der Waals surface area contributed by atoms with E-state index in [-0.39, 0.29) is 24.3 Å². The Hall–Kier alpha value is -3.15. The molecule has 0 aliphatic carbocycles. The van der Waals surface area contributed by atoms with E-state index in [4.69, 9.17) is 28.2 Å². The van der Waals surface area contributed by atoms with Crippen LogP contribution in [-0.4, -0.2) is 29.7 Å². The van der Waals surface area contributed by atoms with Gasteiger partial charge in [-0.3, -0.25) is 9.59 Å². The van der Waals surface area contributed by atoms with Gasteiger partial charge in [0.05, 0.1) is 27.9 Å². The first kappa shape index (κ1) is 23.0. The fourth-order valence-corrected chi connectivity index (χ4v) is 4.20. The van der Waals surface area contributed by atoms with Crippen molar-refractivity contribution in [1.29, 1.82) is 0 Å². The molecule has 2 amide bonds. The fraction of sp³-hybridized carbons (Fsp3) is 0.192. The smallest absolute Gasteiger partial charge is 0.272 e. The van der Waals surface area contributed by atoms with Crippen molar-refractivity contribution < 1.29 is 9.59 Å². The van der Waals surface area contributed by atoms with Gasteiger partial charge in [0.2, 0.25) is 12.1 Å². The summed E-state index contributed by atoms with van der Waals surface area (Å²) < 4.78 is 0. The lowest BCUT2D eigenvalue weighted by atomic mass is 10.00. The first-order valence-electron chi connectivity index (χ1n) is 10.6. The van der Waals surface area contributed by atoms with Crippen molar-refractivity contribution in [3.8, 4) is 0 Å². The summed E-state index contributed by atoms with van der Waals surface area (Å²) in [7, 11) is 0. The standard InChI is InChI=1S/C26H23Cl2N3O2/c1-16(2)31-22-11-7-6-10-19(22)24(18-8-4-3-5-9-18)30-25(26(31)33)29-23(32)15-17-12-13-20(27)21(28)14-17/h3-14,16,25H,15H2,1-2H3,(H,29,32)/t25-/m1/s1. The zero-order valence-electron chi connectivity index (χ0n) is 18.3. The van der Waals surface area contributed by atoms with E-state index in [9.17, 15) is 9.59 Å². The molecule has 3 aromatic rings. The number of anilines is 1. The summed E-state index contributed by atoms with van der Waals surface area (Å²) >= 11 is 12.1. The molecular weight excluding hydrogens is 457 g/mol. The summed E-state index contributed by atoms with van der Waals surface area (Å²) in [4.78, 5) is 32.9. The molecule has 0 aromatic heterocycles. The number of aliphatic imine (C=N–C) groups is 1. The number of nitrogens with zero attached hydrogens (tertiary/aromatic N) is 2. The van der Waals surface area contributed by atoms with Crippen LogP contribution < -0.4 is 10.2 Å². The molecule has 0 saturated heterocycles. The summed E-state index contributed by atoms with van der Waals surface area (Å²) in [6, 6.07) is 22.2. The van der Waals surface area contributed by atoms with Crippen LogP contribution in [0.4, 0.5) is 5.69 Å². The lowest BCUT2D eigenvalue weighted by Crippen LogP contribution is -2.50. The van der Waals surface area contributed by atoms with E-state index in [2.05, 4.69) is 5.32 Å². The molecule has 0 saturated carbocycles. The van der Waals surface area contributed by atoms with Crippen molar-refractivity contribution in [2.24, 2.45) is 4.99 Å². The number of benzodiazepines with no additional fused rings is 1. The van der Waals surface area contributed by atoms with Gasteiger partial charge in [-0.1, -0.05) is 77.8 Å². The predicted octanol–water partition coefficient (Wildman–Crippen LogP) is 5.27. The van der Waals surface area contributed by atoms with E-state index < -0.39 is 6.17 Å². The van der Waals surface area contributed by atoms with Gasteiger partial charge in [-0.25, -0.2) is 4.99 Å². The van der Waals surface area contributed by atoms with Gasteiger partial charge in [0.1, 0.15) is 0 Å². The molecule has 0 spiro atoms. The molecule has 1 N–H and O–H groups in total. The molecule has 1 aliphatic rings. The number of nitrogens with one attached hydrogen (secondary N) is 1. The topological polar surface area (TPSA) is 61.8 Å². The minimum absolute atomic E-state index is 0.0471. The molecule has 5 nitrogen and oxygen atoms in total. The molecule has 1 aliphatic heterocycles. The molecule has 0 fully saturated rings. The van der Waals surface area contributed by atoms with E-state index in [0.717, 1.165) is 16.8 Å². The number of fused-ring (bicyclic) bond motifs is 1. The number of carbonyl (C=O) groups excluding carboxylic acids is 2. The average molecular weight is 480 g/mol. The van der Waals surface area contributed by atoms with Crippen LogP contribution >= 0.6 is 23.2 Å². The van der Waals surface area contributed by atoms with Gasteiger partial charge in [0.15, 0.2) is 0 Å². The summed E-state index contributed by atoms with van der Waals surface area (Å²) in [6.07, 6.45) is -1.02. The molecule has 0 unspecified atom stereocenters. The largest absolute Gasteiger partial charge is 0.326 e. The van der Waals surface area contributed by atoms with Gasteiger partial charge in [-0.15, -0.1) is 0 Å². The predicted molar refractivity (Wildman–Crippen MR) is 133 cm³/mol. The van der Waals surface area contributed by atoms with E-state index >= 15 is 0 Å². The number of hydrogen-bond acceptors (Lipinski definition) is 3. The summed E-state index contributed by atoms with van der Waals surface area (Å²) in [5, 5.41) is 3.61. The van der Waals surface area contributed by atoms with E-state index in [1.807, 2.05) is 68.4 Å². The van der Waals surface area contributed by atoms with Crippen LogP contribution in [0.25, 0.3) is 0 Å². The Morgan fingerprint density at radius 3 is 2.39 bits per heavy atom. The number of amides is 2. The monoisotopic (exact) mass is 479 g/mol. The maximum Gasteiger partial charge on any atom is 0.272 e. The zero-order chi connectivity index (χ0) is 23.5. The van der Waals surface area contributed by atoms with Crippen molar-refractivity contribution in [2.75, 3.05) is 4.90 Å². The number of carbonyl (C=O) groups is 2. The highest BCUT2D eigenvalue weighted by Crippen LogP contribution is 2.30. The van der Waals surface area contributed by atoms with Gasteiger partial charge in [0.25, 0.3) is 5.91 Å². The first-order chi connectivity index (χ1) is 15.8. The second-order valence-electron chi connectivity index (χ2n) is 8.06. The number of halogens is 2. The van der Waals surface area contributed by atoms with Crippen molar-refractivity contribution in [3.05, 3.63) is 99.5 Å². The van der Waals surface area contributed by atoms with Gasteiger partial charge < -0.3 is 10.2 Å². The maximum absolute atomic E-state index is 13.6. The van der Waals surface area contributed by atoms with Crippen molar-refractivity contribution in [1.82, 2.24) is 5.32 Å². The third-order valence-electron chi connectivity index (χ3n) is 5.36. The van der Waals surface area contributed by atoms with Gasteiger partial charge in [-0.2, -0.15) is 0 Å². The van der Waals surface area contributed by atoms with E-state index in [1.165, 1.54) is 0 Å². The molecular formula is C26H23Cl2N3O2. The average Bonchev–Trinajstić information content (AvgIpc) is 2.91. The number of para-hydroxylation sites is 1. The van der Waals surface area contributed by atoms with E-state index in [0.29, 0.717) is 21.3 Å². The SMILES string of the molecule is CC(C)N1C(=O)[C@H](NC(=O)Cc2ccc(Cl)c(Cl)c2)N=C(c2ccccc2)c2ccccc21. The number of benzene rings is 3. The molecule has 1 atom stereocenters. The third-order valence-corrected chi connectivity index (χ3v) is 6.10. The lowest BCUT2D eigenvalue weighted by molar-refractivity contribution is -0.127. The highest BCUT2D eigenvalue weighted by atomic mass is 35.5. The molecule has 0 bridgehead atoms. The van der Waals surface area contributed by atoms with Crippen LogP contribution in [0.3, 0.4) is 0 Å². The first-order valence-corrected chi connectivity index (χ1v) is 11.4. The third kappa shape index (κ3) is 4.95. The van der Waals surface area contributed by atoms with Crippen LogP contribution in [-0.2, 0) is 16.0 Å². The molecule has 3 aromatic carbocycles. The second kappa shape index (κ2) is 9.77. The van der Waals surface area contributed by atoms with Gasteiger partial charge >= 0.3 is 0 Å². The number of hydrogen-bond donors (Lipinski definition) is 1. The Morgan fingerprint density at radius 2 is 1.70 bits per heavy atom. The quantitative estimate of drug-likeness (QED) is 0.541. The van der Waals surface area contributed by atoms with Gasteiger partial charge in [0, 0.05) is 17.2 Å². The van der Waals surface area contributed by atoms with Crippen molar-refractivity contribution >= 4 is 46.4 Å². The Balaban J connectivity index is 1.72. The summed E-state index contributed by atoms with van der Waals surface area (Å²) in [5.74, 6) is -0.622. The highest BCUT2D eigenvalue weighted by Gasteiger charge is 2.34. The molecule has 33 heavy (non-hydrogen) atoms. The van der Waals surface area contributed by atoms with Crippen molar-refractivity contribution in [2.45, 2.75) is 32.5 Å². The second-order valence-corrected chi connectivity index (χ2v) is 8.87. The summed E-state index contributed by atoms with van der Waals surface area (Å²) in [5.41, 5.74) is 3.82. The number of rotatable bonds is 5. The normalized spacial score (nSPS) is 15.7. The summed E-state index contributed by atoms with van der Waals surface area (Å²) in [6.45, 7) is 3.88. The minimum Gasteiger partial charge on any atom is -0.326 e. The van der Waals surface area contributed by atoms with Crippen LogP contribution in [0.5, 0.6) is 0 Å². The lowest BCUT2D eigenvalue weighted by Gasteiger charge is -2.29. The zero-order valence-corrected chi connectivity index (χ0v) is 19.8. The van der Waals surface area contributed by atoms with Crippen LogP contribution in [0.2, 0.25) is 10.0 Å². The molecule has 7 heteroatoms. The van der Waals surface area contributed by atoms with Crippen LogP contribution in [0, 0.1) is 0 Å². The fourth-order valence-electron chi connectivity index (χ4n) is 3.88. The highest BCUT2D eigenvalue weighted by molar-refractivity contribution is 6.42. The van der Waals surface area contributed by atoms with Gasteiger partial charge in [-0.05, 0) is 37.6 Å².